The maximum absolute atomic E-state index is 13.4. The van der Waals surface area contributed by atoms with Crippen LogP contribution in [0.4, 0.5) is 4.39 Å². The van der Waals surface area contributed by atoms with Gasteiger partial charge in [0, 0.05) is 16.9 Å². The maximum atomic E-state index is 13.4. The molecule has 0 radical (unpaired) electrons. The predicted octanol–water partition coefficient (Wildman–Crippen LogP) is 2.77. The number of benzene rings is 1. The van der Waals surface area contributed by atoms with E-state index in [9.17, 15) is 9.18 Å². The lowest BCUT2D eigenvalue weighted by Gasteiger charge is -2.06. The highest BCUT2D eigenvalue weighted by Gasteiger charge is 2.11. The number of nitrogens with zero attached hydrogens (tertiary/aromatic N) is 1. The Bertz CT molecular complexity index is 511. The molecule has 0 atom stereocenters. The van der Waals surface area contributed by atoms with Crippen LogP contribution in [0.1, 0.15) is 10.4 Å². The average Bonchev–Trinajstić information content (AvgIpc) is 2.70. The molecule has 0 aliphatic rings. The Kier molecular flexibility index (Phi) is 3.05. The summed E-state index contributed by atoms with van der Waals surface area (Å²) in [5.74, 6) is -1.04. The number of rotatable bonds is 2. The van der Waals surface area contributed by atoms with Gasteiger partial charge in [-0.1, -0.05) is 15.9 Å². The van der Waals surface area contributed by atoms with Crippen LogP contribution < -0.4 is 5.43 Å². The van der Waals surface area contributed by atoms with Crippen molar-refractivity contribution in [2.45, 2.75) is 0 Å². The number of carbonyl (C=O) groups is 1. The SMILES string of the molecule is O=C(Nn1cccc1)c1ccc(Br)cc1F. The van der Waals surface area contributed by atoms with Crippen LogP contribution in [0.5, 0.6) is 0 Å². The van der Waals surface area contributed by atoms with Gasteiger partial charge in [-0.2, -0.15) is 0 Å². The number of carbonyl (C=O) groups excluding carboxylic acids is 1. The molecular formula is C11H8BrFN2O. The van der Waals surface area contributed by atoms with E-state index >= 15 is 0 Å². The molecular weight excluding hydrogens is 275 g/mol. The van der Waals surface area contributed by atoms with Crippen molar-refractivity contribution in [1.82, 2.24) is 4.68 Å². The summed E-state index contributed by atoms with van der Waals surface area (Å²) < 4.78 is 15.5. The molecule has 1 aromatic heterocycles. The molecule has 0 bridgehead atoms. The van der Waals surface area contributed by atoms with E-state index in [1.165, 1.54) is 16.8 Å². The van der Waals surface area contributed by atoms with E-state index < -0.39 is 11.7 Å². The molecule has 2 aromatic rings. The van der Waals surface area contributed by atoms with Crippen LogP contribution in [0.25, 0.3) is 0 Å². The summed E-state index contributed by atoms with van der Waals surface area (Å²) in [6.45, 7) is 0. The second-order valence-corrected chi connectivity index (χ2v) is 4.07. The molecule has 0 saturated heterocycles. The fourth-order valence-corrected chi connectivity index (χ4v) is 1.59. The minimum absolute atomic E-state index is 0.0110. The van der Waals surface area contributed by atoms with Crippen LogP contribution in [-0.2, 0) is 0 Å². The van der Waals surface area contributed by atoms with Crippen LogP contribution in [0.15, 0.2) is 47.2 Å². The Balaban J connectivity index is 2.21. The number of nitrogens with one attached hydrogen (secondary N) is 1. The quantitative estimate of drug-likeness (QED) is 0.903. The minimum Gasteiger partial charge on any atom is -0.268 e. The van der Waals surface area contributed by atoms with Gasteiger partial charge in [0.1, 0.15) is 5.82 Å². The highest BCUT2D eigenvalue weighted by molar-refractivity contribution is 9.10. The highest BCUT2D eigenvalue weighted by Crippen LogP contribution is 2.15. The van der Waals surface area contributed by atoms with Gasteiger partial charge in [-0.15, -0.1) is 0 Å². The molecule has 1 heterocycles. The van der Waals surface area contributed by atoms with E-state index in [4.69, 9.17) is 0 Å². The maximum Gasteiger partial charge on any atom is 0.273 e. The first-order valence-electron chi connectivity index (χ1n) is 4.56. The Morgan fingerprint density at radius 3 is 2.62 bits per heavy atom. The van der Waals surface area contributed by atoms with E-state index in [1.807, 2.05) is 0 Å². The van der Waals surface area contributed by atoms with Gasteiger partial charge in [0.05, 0.1) is 5.56 Å². The predicted molar refractivity (Wildman–Crippen MR) is 62.2 cm³/mol. The third-order valence-electron chi connectivity index (χ3n) is 2.01. The fourth-order valence-electron chi connectivity index (χ4n) is 1.26. The van der Waals surface area contributed by atoms with Crippen LogP contribution in [0.3, 0.4) is 0 Å². The lowest BCUT2D eigenvalue weighted by atomic mass is 10.2. The van der Waals surface area contributed by atoms with Crippen LogP contribution in [-0.4, -0.2) is 10.6 Å². The number of halogens is 2. The summed E-state index contributed by atoms with van der Waals surface area (Å²) >= 11 is 3.13. The van der Waals surface area contributed by atoms with Crippen molar-refractivity contribution >= 4 is 21.8 Å². The van der Waals surface area contributed by atoms with E-state index in [-0.39, 0.29) is 5.56 Å². The average molecular weight is 283 g/mol. The summed E-state index contributed by atoms with van der Waals surface area (Å²) in [5, 5.41) is 0. The molecule has 16 heavy (non-hydrogen) atoms. The second-order valence-electron chi connectivity index (χ2n) is 3.16. The van der Waals surface area contributed by atoms with Gasteiger partial charge in [0.15, 0.2) is 0 Å². The molecule has 0 spiro atoms. The summed E-state index contributed by atoms with van der Waals surface area (Å²) in [6, 6.07) is 7.83. The molecule has 0 aliphatic heterocycles. The zero-order valence-electron chi connectivity index (χ0n) is 8.15. The van der Waals surface area contributed by atoms with Crippen molar-refractivity contribution in [2.75, 3.05) is 5.43 Å². The number of hydrogen-bond donors (Lipinski definition) is 1. The second kappa shape index (κ2) is 4.49. The third kappa shape index (κ3) is 2.30. The molecule has 0 unspecified atom stereocenters. The van der Waals surface area contributed by atoms with Crippen molar-refractivity contribution in [3.8, 4) is 0 Å². The molecule has 1 amide bonds. The van der Waals surface area contributed by atoms with Gasteiger partial charge in [-0.3, -0.25) is 14.9 Å². The molecule has 0 aliphatic carbocycles. The van der Waals surface area contributed by atoms with E-state index in [2.05, 4.69) is 21.4 Å². The highest BCUT2D eigenvalue weighted by atomic mass is 79.9. The van der Waals surface area contributed by atoms with Crippen LogP contribution >= 0.6 is 15.9 Å². The lowest BCUT2D eigenvalue weighted by Crippen LogP contribution is -2.22. The lowest BCUT2D eigenvalue weighted by molar-refractivity contribution is 0.100. The van der Waals surface area contributed by atoms with E-state index in [1.54, 1.807) is 30.6 Å². The molecule has 0 saturated carbocycles. The van der Waals surface area contributed by atoms with Gasteiger partial charge in [0.25, 0.3) is 5.91 Å². The standard InChI is InChI=1S/C11H8BrFN2O/c12-8-3-4-9(10(13)7-8)11(16)14-15-5-1-2-6-15/h1-7H,(H,14,16). The van der Waals surface area contributed by atoms with Gasteiger partial charge < -0.3 is 0 Å². The van der Waals surface area contributed by atoms with E-state index in [0.29, 0.717) is 4.47 Å². The first-order valence-corrected chi connectivity index (χ1v) is 5.35. The largest absolute Gasteiger partial charge is 0.273 e. The molecule has 3 nitrogen and oxygen atoms in total. The van der Waals surface area contributed by atoms with E-state index in [0.717, 1.165) is 0 Å². The van der Waals surface area contributed by atoms with Crippen molar-refractivity contribution < 1.29 is 9.18 Å². The zero-order chi connectivity index (χ0) is 11.5. The monoisotopic (exact) mass is 282 g/mol. The first-order chi connectivity index (χ1) is 7.66. The number of aromatic nitrogens is 1. The normalized spacial score (nSPS) is 10.1. The fraction of sp³-hybridized carbons (Fsp3) is 0. The topological polar surface area (TPSA) is 34.0 Å². The smallest absolute Gasteiger partial charge is 0.268 e. The third-order valence-corrected chi connectivity index (χ3v) is 2.50. The number of hydrogen-bond acceptors (Lipinski definition) is 1. The summed E-state index contributed by atoms with van der Waals surface area (Å²) in [4.78, 5) is 11.7. The molecule has 5 heteroatoms. The Morgan fingerprint density at radius 2 is 2.00 bits per heavy atom. The Labute approximate surface area is 100.0 Å². The molecule has 1 N–H and O–H groups in total. The van der Waals surface area contributed by atoms with Crippen LogP contribution in [0.2, 0.25) is 0 Å². The molecule has 2 rings (SSSR count). The Hall–Kier alpha value is -1.62. The summed E-state index contributed by atoms with van der Waals surface area (Å²) in [7, 11) is 0. The Morgan fingerprint density at radius 1 is 1.31 bits per heavy atom. The minimum atomic E-state index is -0.556. The van der Waals surface area contributed by atoms with Crippen molar-refractivity contribution in [2.24, 2.45) is 0 Å². The molecule has 1 aromatic carbocycles. The van der Waals surface area contributed by atoms with Crippen molar-refractivity contribution in [3.05, 3.63) is 58.6 Å². The van der Waals surface area contributed by atoms with Crippen molar-refractivity contribution in [1.29, 1.82) is 0 Å². The number of amides is 1. The molecule has 0 fully saturated rings. The van der Waals surface area contributed by atoms with Crippen molar-refractivity contribution in [3.63, 3.8) is 0 Å². The first kappa shape index (κ1) is 10.9. The molecule has 82 valence electrons. The zero-order valence-corrected chi connectivity index (χ0v) is 9.74. The summed E-state index contributed by atoms with van der Waals surface area (Å²) in [6.07, 6.45) is 3.32. The van der Waals surface area contributed by atoms with Crippen LogP contribution in [0, 0.1) is 5.82 Å². The van der Waals surface area contributed by atoms with Gasteiger partial charge in [-0.05, 0) is 30.3 Å². The summed E-state index contributed by atoms with van der Waals surface area (Å²) in [5.41, 5.74) is 2.53. The van der Waals surface area contributed by atoms with Gasteiger partial charge in [0.2, 0.25) is 0 Å². The van der Waals surface area contributed by atoms with Gasteiger partial charge in [-0.25, -0.2) is 4.39 Å². The van der Waals surface area contributed by atoms with Gasteiger partial charge >= 0.3 is 0 Å².